The van der Waals surface area contributed by atoms with Crippen LogP contribution in [0.2, 0.25) is 5.02 Å². The fraction of sp³-hybridized carbons (Fsp3) is 0.200. The number of aliphatic hydroxyl groups is 1. The van der Waals surface area contributed by atoms with Crippen LogP contribution in [0, 0.1) is 11.6 Å². The topological polar surface area (TPSA) is 29.5 Å². The van der Waals surface area contributed by atoms with Crippen LogP contribution in [0.5, 0.6) is 5.75 Å². The average Bonchev–Trinajstić information content (AvgIpc) is 2.43. The maximum atomic E-state index is 13.6. The zero-order valence-corrected chi connectivity index (χ0v) is 11.5. The molecule has 1 atom stereocenters. The highest BCUT2D eigenvalue weighted by molar-refractivity contribution is 6.31. The van der Waals surface area contributed by atoms with Crippen molar-refractivity contribution in [2.45, 2.75) is 12.5 Å². The number of ether oxygens (including phenoxy) is 1. The molecule has 0 heterocycles. The molecule has 0 aromatic heterocycles. The Morgan fingerprint density at radius 1 is 1.20 bits per heavy atom. The van der Waals surface area contributed by atoms with Crippen LogP contribution in [0.25, 0.3) is 0 Å². The van der Waals surface area contributed by atoms with E-state index in [-0.39, 0.29) is 17.2 Å². The number of hydrogen-bond donors (Lipinski definition) is 1. The van der Waals surface area contributed by atoms with Crippen molar-refractivity contribution in [1.82, 2.24) is 0 Å². The van der Waals surface area contributed by atoms with Crippen molar-refractivity contribution in [1.29, 1.82) is 0 Å². The van der Waals surface area contributed by atoms with Crippen LogP contribution in [0.1, 0.15) is 17.2 Å². The van der Waals surface area contributed by atoms with Crippen molar-refractivity contribution in [2.75, 3.05) is 7.11 Å². The van der Waals surface area contributed by atoms with E-state index in [0.717, 1.165) is 0 Å². The van der Waals surface area contributed by atoms with Gasteiger partial charge in [-0.3, -0.25) is 0 Å². The Bertz CT molecular complexity index is 617. The molecule has 2 nitrogen and oxygen atoms in total. The summed E-state index contributed by atoms with van der Waals surface area (Å²) < 4.78 is 31.7. The van der Waals surface area contributed by atoms with Crippen LogP contribution >= 0.6 is 11.6 Å². The minimum Gasteiger partial charge on any atom is -0.494 e. The summed E-state index contributed by atoms with van der Waals surface area (Å²) in [6.45, 7) is 0. The van der Waals surface area contributed by atoms with E-state index in [1.807, 2.05) is 0 Å². The highest BCUT2D eigenvalue weighted by Crippen LogP contribution is 2.27. The van der Waals surface area contributed by atoms with E-state index in [1.165, 1.54) is 31.4 Å². The van der Waals surface area contributed by atoms with Crippen molar-refractivity contribution in [3.63, 3.8) is 0 Å². The second-order valence-electron chi connectivity index (χ2n) is 4.33. The summed E-state index contributed by atoms with van der Waals surface area (Å²) in [5, 5.41) is 10.1. The van der Waals surface area contributed by atoms with E-state index < -0.39 is 17.7 Å². The molecule has 0 saturated heterocycles. The first kappa shape index (κ1) is 14.8. The fourth-order valence-electron chi connectivity index (χ4n) is 1.92. The Morgan fingerprint density at radius 2 is 1.95 bits per heavy atom. The zero-order valence-electron chi connectivity index (χ0n) is 10.7. The lowest BCUT2D eigenvalue weighted by Gasteiger charge is -2.13. The van der Waals surface area contributed by atoms with Gasteiger partial charge in [0.25, 0.3) is 0 Å². The number of rotatable bonds is 4. The maximum Gasteiger partial charge on any atom is 0.165 e. The van der Waals surface area contributed by atoms with Gasteiger partial charge in [-0.2, -0.15) is 0 Å². The molecule has 0 aliphatic carbocycles. The molecule has 0 radical (unpaired) electrons. The van der Waals surface area contributed by atoms with Crippen LogP contribution in [0.4, 0.5) is 8.78 Å². The molecule has 0 aliphatic heterocycles. The normalized spacial score (nSPS) is 12.2. The molecule has 1 N–H and O–H groups in total. The highest BCUT2D eigenvalue weighted by Gasteiger charge is 2.15. The Kier molecular flexibility index (Phi) is 4.57. The highest BCUT2D eigenvalue weighted by atomic mass is 35.5. The Balaban J connectivity index is 2.21. The molecule has 2 rings (SSSR count). The monoisotopic (exact) mass is 298 g/mol. The largest absolute Gasteiger partial charge is 0.494 e. The van der Waals surface area contributed by atoms with Crippen molar-refractivity contribution in [3.05, 3.63) is 64.2 Å². The number of methoxy groups -OCH3 is 1. The van der Waals surface area contributed by atoms with Gasteiger partial charge in [0.15, 0.2) is 11.6 Å². The van der Waals surface area contributed by atoms with E-state index in [4.69, 9.17) is 16.3 Å². The fourth-order valence-corrected chi connectivity index (χ4v) is 2.13. The van der Waals surface area contributed by atoms with Crippen molar-refractivity contribution in [3.8, 4) is 5.75 Å². The predicted octanol–water partition coefficient (Wildman–Crippen LogP) is 3.90. The molecule has 0 bridgehead atoms. The molecule has 1 unspecified atom stereocenters. The maximum absolute atomic E-state index is 13.6. The Labute approximate surface area is 120 Å². The van der Waals surface area contributed by atoms with E-state index in [1.54, 1.807) is 12.1 Å². The average molecular weight is 299 g/mol. The van der Waals surface area contributed by atoms with Crippen molar-refractivity contribution < 1.29 is 18.6 Å². The molecular weight excluding hydrogens is 286 g/mol. The number of halogens is 3. The molecule has 20 heavy (non-hydrogen) atoms. The number of aliphatic hydroxyl groups excluding tert-OH is 1. The van der Waals surface area contributed by atoms with Crippen LogP contribution in [-0.4, -0.2) is 12.2 Å². The first-order valence-corrected chi connectivity index (χ1v) is 6.35. The first-order chi connectivity index (χ1) is 9.52. The van der Waals surface area contributed by atoms with Crippen LogP contribution < -0.4 is 4.74 Å². The molecule has 2 aromatic carbocycles. The zero-order chi connectivity index (χ0) is 14.7. The van der Waals surface area contributed by atoms with Gasteiger partial charge in [-0.25, -0.2) is 8.78 Å². The van der Waals surface area contributed by atoms with E-state index in [2.05, 4.69) is 0 Å². The lowest BCUT2D eigenvalue weighted by molar-refractivity contribution is 0.177. The SMILES string of the molecule is COc1ccc(C(O)Cc2cccc(F)c2Cl)cc1F. The van der Waals surface area contributed by atoms with Gasteiger partial charge < -0.3 is 9.84 Å². The lowest BCUT2D eigenvalue weighted by atomic mass is 10.0. The van der Waals surface area contributed by atoms with Gasteiger partial charge in [0.2, 0.25) is 0 Å². The molecule has 0 aliphatic rings. The third kappa shape index (κ3) is 3.08. The second kappa shape index (κ2) is 6.20. The molecular formula is C15H13ClF2O2. The lowest BCUT2D eigenvalue weighted by Crippen LogP contribution is -2.04. The third-order valence-corrected chi connectivity index (χ3v) is 3.43. The van der Waals surface area contributed by atoms with Gasteiger partial charge in [0.05, 0.1) is 18.2 Å². The van der Waals surface area contributed by atoms with Crippen LogP contribution in [0.3, 0.4) is 0 Å². The molecule has 2 aromatic rings. The Morgan fingerprint density at radius 3 is 2.60 bits per heavy atom. The quantitative estimate of drug-likeness (QED) is 0.927. The van der Waals surface area contributed by atoms with Gasteiger partial charge in [-0.15, -0.1) is 0 Å². The second-order valence-corrected chi connectivity index (χ2v) is 4.70. The van der Waals surface area contributed by atoms with Gasteiger partial charge in [0, 0.05) is 6.42 Å². The number of hydrogen-bond acceptors (Lipinski definition) is 2. The molecule has 0 amide bonds. The van der Waals surface area contributed by atoms with E-state index in [9.17, 15) is 13.9 Å². The van der Waals surface area contributed by atoms with Crippen LogP contribution in [0.15, 0.2) is 36.4 Å². The van der Waals surface area contributed by atoms with Gasteiger partial charge in [0.1, 0.15) is 5.82 Å². The summed E-state index contributed by atoms with van der Waals surface area (Å²) in [5.41, 5.74) is 0.846. The third-order valence-electron chi connectivity index (χ3n) is 3.01. The summed E-state index contributed by atoms with van der Waals surface area (Å²) in [5.74, 6) is -1.00. The summed E-state index contributed by atoms with van der Waals surface area (Å²) in [6, 6.07) is 8.55. The smallest absolute Gasteiger partial charge is 0.165 e. The summed E-state index contributed by atoms with van der Waals surface area (Å²) in [7, 11) is 1.36. The molecule has 0 spiro atoms. The van der Waals surface area contributed by atoms with Gasteiger partial charge in [-0.05, 0) is 29.3 Å². The van der Waals surface area contributed by atoms with Crippen LogP contribution in [-0.2, 0) is 6.42 Å². The standard InChI is InChI=1S/C15H13ClF2O2/c1-20-14-6-5-9(7-12(14)18)13(19)8-10-3-2-4-11(17)15(10)16/h2-7,13,19H,8H2,1H3. The predicted molar refractivity (Wildman–Crippen MR) is 73.0 cm³/mol. The molecule has 0 fully saturated rings. The summed E-state index contributed by atoms with van der Waals surface area (Å²) in [4.78, 5) is 0. The van der Waals surface area contributed by atoms with Crippen molar-refractivity contribution in [2.24, 2.45) is 0 Å². The first-order valence-electron chi connectivity index (χ1n) is 5.97. The molecule has 106 valence electrons. The minimum absolute atomic E-state index is 0.0273. The Hall–Kier alpha value is -1.65. The summed E-state index contributed by atoms with van der Waals surface area (Å²) >= 11 is 5.82. The molecule has 5 heteroatoms. The number of benzene rings is 2. The van der Waals surface area contributed by atoms with E-state index >= 15 is 0 Å². The molecule has 0 saturated carbocycles. The van der Waals surface area contributed by atoms with Gasteiger partial charge in [-0.1, -0.05) is 29.8 Å². The minimum atomic E-state index is -0.977. The van der Waals surface area contributed by atoms with Crippen molar-refractivity contribution >= 4 is 11.6 Å². The van der Waals surface area contributed by atoms with Gasteiger partial charge >= 0.3 is 0 Å². The summed E-state index contributed by atoms with van der Waals surface area (Å²) in [6.07, 6.45) is -0.878. The van der Waals surface area contributed by atoms with E-state index in [0.29, 0.717) is 11.1 Å².